The second-order valence-corrected chi connectivity index (χ2v) is 4.86. The lowest BCUT2D eigenvalue weighted by Gasteiger charge is -2.14. The van der Waals surface area contributed by atoms with Gasteiger partial charge in [-0.15, -0.1) is 0 Å². The molecule has 0 amide bonds. The van der Waals surface area contributed by atoms with Gasteiger partial charge < -0.3 is 15.0 Å². The van der Waals surface area contributed by atoms with E-state index in [0.717, 1.165) is 6.04 Å². The van der Waals surface area contributed by atoms with Crippen molar-refractivity contribution in [3.8, 4) is 0 Å². The molecule has 1 unspecified atom stereocenters. The van der Waals surface area contributed by atoms with Crippen LogP contribution in [0.15, 0.2) is 0 Å². The smallest absolute Gasteiger partial charge is 0.293 e. The van der Waals surface area contributed by atoms with E-state index in [1.807, 2.05) is 41.7 Å². The Bertz CT molecular complexity index is 179. The van der Waals surface area contributed by atoms with Crippen LogP contribution in [0.4, 0.5) is 0 Å². The van der Waals surface area contributed by atoms with Gasteiger partial charge in [0.15, 0.2) is 0 Å². The van der Waals surface area contributed by atoms with Gasteiger partial charge in [-0.3, -0.25) is 4.79 Å². The van der Waals surface area contributed by atoms with Crippen molar-refractivity contribution < 1.29 is 9.53 Å². The van der Waals surface area contributed by atoms with E-state index in [4.69, 9.17) is 0 Å². The van der Waals surface area contributed by atoms with Crippen molar-refractivity contribution in [1.29, 1.82) is 0 Å². The summed E-state index contributed by atoms with van der Waals surface area (Å²) in [4.78, 5) is 11.9. The number of hydrogen-bond acceptors (Lipinski definition) is 4. The fourth-order valence-electron chi connectivity index (χ4n) is 1.31. The minimum Gasteiger partial charge on any atom is -0.462 e. The van der Waals surface area contributed by atoms with Crippen LogP contribution in [0.3, 0.4) is 0 Å². The number of nitrogens with zero attached hydrogens (tertiary/aromatic N) is 1. The summed E-state index contributed by atoms with van der Waals surface area (Å²) in [7, 11) is 4.20. The topological polar surface area (TPSA) is 41.6 Å². The van der Waals surface area contributed by atoms with Crippen molar-refractivity contribution in [2.24, 2.45) is 0 Å². The van der Waals surface area contributed by atoms with Crippen LogP contribution in [0.25, 0.3) is 0 Å². The molecule has 0 aliphatic carbocycles. The van der Waals surface area contributed by atoms with Gasteiger partial charge in [0.05, 0.1) is 0 Å². The van der Waals surface area contributed by atoms with Gasteiger partial charge in [-0.05, 0) is 47.8 Å². The lowest BCUT2D eigenvalue weighted by molar-refractivity contribution is -0.138. The van der Waals surface area contributed by atoms with Crippen LogP contribution >= 0.6 is 0 Å². The molecule has 0 spiro atoms. The number of nitrogens with one attached hydrogen (secondary N) is 1. The second-order valence-electron chi connectivity index (χ2n) is 4.86. The van der Waals surface area contributed by atoms with Crippen molar-refractivity contribution in [2.75, 3.05) is 27.2 Å². The first-order valence-corrected chi connectivity index (χ1v) is 6.36. The van der Waals surface area contributed by atoms with Gasteiger partial charge in [0.25, 0.3) is 6.47 Å². The number of likely N-dealkylation sites (tertiary alicyclic amines) is 1. The Morgan fingerprint density at radius 2 is 1.88 bits per heavy atom. The highest BCUT2D eigenvalue weighted by Crippen LogP contribution is 2.04. The molecule has 1 saturated heterocycles. The maximum atomic E-state index is 9.60. The van der Waals surface area contributed by atoms with Crippen LogP contribution in [0.2, 0.25) is 0 Å². The second kappa shape index (κ2) is 10.5. The van der Waals surface area contributed by atoms with Crippen LogP contribution in [0.1, 0.15) is 41.0 Å². The van der Waals surface area contributed by atoms with Gasteiger partial charge in [-0.1, -0.05) is 13.8 Å². The summed E-state index contributed by atoms with van der Waals surface area (Å²) in [5.41, 5.74) is -0.318. The molecule has 4 heteroatoms. The lowest BCUT2D eigenvalue weighted by Crippen LogP contribution is -2.27. The van der Waals surface area contributed by atoms with Crippen molar-refractivity contribution >= 4 is 6.47 Å². The Morgan fingerprint density at radius 1 is 1.35 bits per heavy atom. The molecule has 1 heterocycles. The Hall–Kier alpha value is -0.610. The van der Waals surface area contributed by atoms with Gasteiger partial charge in [-0.2, -0.15) is 0 Å². The molecule has 0 aromatic heterocycles. The highest BCUT2D eigenvalue weighted by atomic mass is 16.5. The molecule has 4 nitrogen and oxygen atoms in total. The van der Waals surface area contributed by atoms with E-state index in [-0.39, 0.29) is 5.60 Å². The van der Waals surface area contributed by atoms with Gasteiger partial charge in [0.2, 0.25) is 0 Å². The monoisotopic (exact) mass is 246 g/mol. The zero-order chi connectivity index (χ0) is 13.9. The van der Waals surface area contributed by atoms with Gasteiger partial charge in [0, 0.05) is 12.6 Å². The third-order valence-electron chi connectivity index (χ3n) is 2.20. The summed E-state index contributed by atoms with van der Waals surface area (Å²) in [5.74, 6) is 0. The quantitative estimate of drug-likeness (QED) is 0.756. The molecule has 1 atom stereocenters. The van der Waals surface area contributed by atoms with Crippen molar-refractivity contribution in [3.05, 3.63) is 0 Å². The number of likely N-dealkylation sites (N-methyl/N-ethyl adjacent to an activating group) is 2. The maximum Gasteiger partial charge on any atom is 0.293 e. The van der Waals surface area contributed by atoms with E-state index < -0.39 is 0 Å². The largest absolute Gasteiger partial charge is 0.462 e. The molecular weight excluding hydrogens is 216 g/mol. The summed E-state index contributed by atoms with van der Waals surface area (Å²) in [6, 6.07) is 0.750. The van der Waals surface area contributed by atoms with E-state index in [0.29, 0.717) is 6.47 Å². The highest BCUT2D eigenvalue weighted by Gasteiger charge is 2.16. The molecule has 0 aromatic carbocycles. The number of carbonyl (C=O) groups is 1. The normalized spacial score (nSPS) is 19.6. The molecule has 1 rings (SSSR count). The van der Waals surface area contributed by atoms with Crippen molar-refractivity contribution in [1.82, 2.24) is 10.2 Å². The standard InChI is InChI=1S/C6H14N2.C5H10O2.C2H6/c1-7-6-3-4-8(2)5-6;1-5(2,3)7-4-6;1-2/h6-7H,3-5H2,1-2H3;4H,1-3H3;1-2H3. The molecule has 1 aliphatic heterocycles. The number of rotatable bonds is 2. The molecule has 17 heavy (non-hydrogen) atoms. The number of hydrogen-bond donors (Lipinski definition) is 1. The fourth-order valence-corrected chi connectivity index (χ4v) is 1.31. The molecule has 104 valence electrons. The van der Waals surface area contributed by atoms with Crippen molar-refractivity contribution in [2.45, 2.75) is 52.7 Å². The molecule has 1 fully saturated rings. The Labute approximate surface area is 107 Å². The predicted molar refractivity (Wildman–Crippen MR) is 73.2 cm³/mol. The molecule has 0 saturated carbocycles. The van der Waals surface area contributed by atoms with Gasteiger partial charge >= 0.3 is 0 Å². The SMILES string of the molecule is CC.CC(C)(C)OC=O.CNC1CCN(C)C1. The summed E-state index contributed by atoms with van der Waals surface area (Å²) < 4.78 is 4.55. The Kier molecular flexibility index (Phi) is 11.6. The number of ether oxygens (including phenoxy) is 1. The van der Waals surface area contributed by atoms with Crippen molar-refractivity contribution in [3.63, 3.8) is 0 Å². The van der Waals surface area contributed by atoms with Crippen LogP contribution in [-0.2, 0) is 9.53 Å². The summed E-state index contributed by atoms with van der Waals surface area (Å²) in [5, 5.41) is 3.25. The molecule has 0 aromatic rings. The molecule has 0 radical (unpaired) electrons. The van der Waals surface area contributed by atoms with Crippen LogP contribution in [-0.4, -0.2) is 50.2 Å². The predicted octanol–water partition coefficient (Wildman–Crippen LogP) is 1.89. The third-order valence-corrected chi connectivity index (χ3v) is 2.20. The summed E-state index contributed by atoms with van der Waals surface area (Å²) >= 11 is 0. The average molecular weight is 246 g/mol. The van der Waals surface area contributed by atoms with E-state index in [9.17, 15) is 4.79 Å². The van der Waals surface area contributed by atoms with E-state index >= 15 is 0 Å². The zero-order valence-corrected chi connectivity index (χ0v) is 12.5. The average Bonchev–Trinajstić information content (AvgIpc) is 2.66. The summed E-state index contributed by atoms with van der Waals surface area (Å²) in [6.07, 6.45) is 1.31. The van der Waals surface area contributed by atoms with E-state index in [1.54, 1.807) is 0 Å². The van der Waals surface area contributed by atoms with Crippen LogP contribution in [0, 0.1) is 0 Å². The lowest BCUT2D eigenvalue weighted by atomic mass is 10.2. The zero-order valence-electron chi connectivity index (χ0n) is 12.5. The van der Waals surface area contributed by atoms with Gasteiger partial charge in [0.1, 0.15) is 5.60 Å². The first-order valence-electron chi connectivity index (χ1n) is 6.36. The van der Waals surface area contributed by atoms with E-state index in [1.165, 1.54) is 19.5 Å². The minimum atomic E-state index is -0.318. The Morgan fingerprint density at radius 3 is 2.00 bits per heavy atom. The molecule has 0 bridgehead atoms. The maximum absolute atomic E-state index is 9.60. The first-order chi connectivity index (χ1) is 7.89. The fraction of sp³-hybridized carbons (Fsp3) is 0.923. The molecule has 1 aliphatic rings. The summed E-state index contributed by atoms with van der Waals surface area (Å²) in [6.45, 7) is 12.4. The van der Waals surface area contributed by atoms with Crippen LogP contribution in [0.5, 0.6) is 0 Å². The minimum absolute atomic E-state index is 0.318. The highest BCUT2D eigenvalue weighted by molar-refractivity contribution is 5.37. The molecular formula is C13H30N2O2. The molecule has 1 N–H and O–H groups in total. The third kappa shape index (κ3) is 13.3. The van der Waals surface area contributed by atoms with Crippen LogP contribution < -0.4 is 5.32 Å². The first kappa shape index (κ1) is 18.7. The van der Waals surface area contributed by atoms with Gasteiger partial charge in [-0.25, -0.2) is 0 Å². The number of carbonyl (C=O) groups excluding carboxylic acids is 1. The Balaban J connectivity index is 0. The van der Waals surface area contributed by atoms with E-state index in [2.05, 4.69) is 22.0 Å².